The zero-order valence-electron chi connectivity index (χ0n) is 10.1. The molecule has 0 fully saturated rings. The van der Waals surface area contributed by atoms with Gasteiger partial charge in [-0.15, -0.1) is 0 Å². The van der Waals surface area contributed by atoms with E-state index in [0.29, 0.717) is 4.85 Å². The SMILES string of the molecule is CCCCCC(C)(C)c1c(O)n(O)[nH]c1=O. The van der Waals surface area contributed by atoms with Gasteiger partial charge >= 0.3 is 0 Å². The van der Waals surface area contributed by atoms with Crippen molar-refractivity contribution in [3.8, 4) is 5.88 Å². The second-order valence-electron chi connectivity index (χ2n) is 4.79. The third kappa shape index (κ3) is 2.40. The number of hydrogen-bond donors (Lipinski definition) is 3. The van der Waals surface area contributed by atoms with Gasteiger partial charge in [0.1, 0.15) is 0 Å². The van der Waals surface area contributed by atoms with Gasteiger partial charge < -0.3 is 10.3 Å². The molecule has 0 aliphatic carbocycles. The summed E-state index contributed by atoms with van der Waals surface area (Å²) in [5, 5.41) is 20.9. The first-order valence-electron chi connectivity index (χ1n) is 5.64. The first-order chi connectivity index (χ1) is 7.40. The Bertz CT molecular complexity index is 404. The molecule has 0 amide bonds. The molecule has 1 heterocycles. The summed E-state index contributed by atoms with van der Waals surface area (Å²) in [4.78, 5) is 11.9. The number of aromatic amines is 1. The zero-order valence-corrected chi connectivity index (χ0v) is 10.1. The van der Waals surface area contributed by atoms with Crippen LogP contribution in [0.4, 0.5) is 0 Å². The predicted molar refractivity (Wildman–Crippen MR) is 61.1 cm³/mol. The van der Waals surface area contributed by atoms with Crippen molar-refractivity contribution in [2.45, 2.75) is 51.9 Å². The van der Waals surface area contributed by atoms with Crippen LogP contribution in [0.5, 0.6) is 5.88 Å². The number of nitrogens with zero attached hydrogens (tertiary/aromatic N) is 1. The minimum atomic E-state index is -0.430. The van der Waals surface area contributed by atoms with Crippen LogP contribution >= 0.6 is 0 Å². The molecule has 92 valence electrons. The molecule has 5 nitrogen and oxygen atoms in total. The highest BCUT2D eigenvalue weighted by Gasteiger charge is 2.30. The molecule has 0 aromatic carbocycles. The number of H-pyrrole nitrogens is 1. The van der Waals surface area contributed by atoms with Gasteiger partial charge in [-0.25, -0.2) is 5.10 Å². The van der Waals surface area contributed by atoms with Crippen molar-refractivity contribution in [3.63, 3.8) is 0 Å². The smallest absolute Gasteiger partial charge is 0.274 e. The topological polar surface area (TPSA) is 78.2 Å². The minimum absolute atomic E-state index is 0.256. The summed E-state index contributed by atoms with van der Waals surface area (Å²) in [6.45, 7) is 5.90. The molecule has 16 heavy (non-hydrogen) atoms. The molecule has 1 aromatic rings. The number of hydrogen-bond acceptors (Lipinski definition) is 3. The van der Waals surface area contributed by atoms with Gasteiger partial charge in [-0.2, -0.15) is 0 Å². The number of aromatic nitrogens is 2. The van der Waals surface area contributed by atoms with Gasteiger partial charge in [0.2, 0.25) is 0 Å². The molecule has 0 aliphatic heterocycles. The van der Waals surface area contributed by atoms with Crippen LogP contribution in [0.2, 0.25) is 0 Å². The normalized spacial score (nSPS) is 11.9. The van der Waals surface area contributed by atoms with E-state index in [1.807, 2.05) is 13.8 Å². The lowest BCUT2D eigenvalue weighted by molar-refractivity contribution is 0.119. The summed E-state index contributed by atoms with van der Waals surface area (Å²) in [5.41, 5.74) is -0.603. The second-order valence-corrected chi connectivity index (χ2v) is 4.79. The lowest BCUT2D eigenvalue weighted by Crippen LogP contribution is -2.24. The Morgan fingerprint density at radius 2 is 2.00 bits per heavy atom. The van der Waals surface area contributed by atoms with E-state index >= 15 is 0 Å². The maximum absolute atomic E-state index is 11.5. The van der Waals surface area contributed by atoms with Crippen LogP contribution in [-0.4, -0.2) is 20.3 Å². The van der Waals surface area contributed by atoms with Crippen molar-refractivity contribution in [1.29, 1.82) is 0 Å². The van der Waals surface area contributed by atoms with E-state index in [1.165, 1.54) is 0 Å². The van der Waals surface area contributed by atoms with Crippen LogP contribution < -0.4 is 5.56 Å². The molecule has 0 bridgehead atoms. The largest absolute Gasteiger partial charge is 0.491 e. The van der Waals surface area contributed by atoms with E-state index in [2.05, 4.69) is 12.0 Å². The molecular weight excluding hydrogens is 208 g/mol. The third-order valence-electron chi connectivity index (χ3n) is 2.94. The molecule has 0 spiro atoms. The summed E-state index contributed by atoms with van der Waals surface area (Å²) in [7, 11) is 0. The monoisotopic (exact) mass is 228 g/mol. The van der Waals surface area contributed by atoms with Crippen LogP contribution in [0.25, 0.3) is 0 Å². The predicted octanol–water partition coefficient (Wildman–Crippen LogP) is 1.98. The van der Waals surface area contributed by atoms with Gasteiger partial charge in [-0.05, 0) is 6.42 Å². The van der Waals surface area contributed by atoms with Gasteiger partial charge in [0.05, 0.1) is 5.56 Å². The van der Waals surface area contributed by atoms with Crippen molar-refractivity contribution in [2.24, 2.45) is 0 Å². The van der Waals surface area contributed by atoms with Crippen molar-refractivity contribution in [2.75, 3.05) is 0 Å². The fourth-order valence-corrected chi connectivity index (χ4v) is 1.96. The fraction of sp³-hybridized carbons (Fsp3) is 0.727. The standard InChI is InChI=1S/C11H20N2O3/c1-4-5-6-7-11(2,3)8-9(14)12-13(16)10(8)15/h15-16H,4-7H2,1-3H3,(H,12,14). The maximum Gasteiger partial charge on any atom is 0.274 e. The Hall–Kier alpha value is -1.39. The lowest BCUT2D eigenvalue weighted by atomic mass is 9.81. The van der Waals surface area contributed by atoms with Gasteiger partial charge in [0.25, 0.3) is 11.4 Å². The van der Waals surface area contributed by atoms with E-state index in [0.717, 1.165) is 25.7 Å². The highest BCUT2D eigenvalue weighted by molar-refractivity contribution is 5.30. The molecule has 0 radical (unpaired) electrons. The van der Waals surface area contributed by atoms with E-state index in [-0.39, 0.29) is 11.4 Å². The first-order valence-corrected chi connectivity index (χ1v) is 5.64. The highest BCUT2D eigenvalue weighted by atomic mass is 16.5. The Balaban J connectivity index is 2.93. The minimum Gasteiger partial charge on any atom is -0.491 e. The van der Waals surface area contributed by atoms with Crippen LogP contribution in [-0.2, 0) is 5.41 Å². The van der Waals surface area contributed by atoms with Crippen LogP contribution in [0.3, 0.4) is 0 Å². The van der Waals surface area contributed by atoms with E-state index in [4.69, 9.17) is 5.21 Å². The average Bonchev–Trinajstić information content (AvgIpc) is 2.41. The lowest BCUT2D eigenvalue weighted by Gasteiger charge is -2.22. The summed E-state index contributed by atoms with van der Waals surface area (Å²) >= 11 is 0. The molecule has 0 saturated heterocycles. The molecule has 0 unspecified atom stereocenters. The van der Waals surface area contributed by atoms with Crippen molar-refractivity contribution in [1.82, 2.24) is 9.94 Å². The third-order valence-corrected chi connectivity index (χ3v) is 2.94. The molecule has 0 aliphatic rings. The quantitative estimate of drug-likeness (QED) is 0.532. The number of unbranched alkanes of at least 4 members (excludes halogenated alkanes) is 2. The van der Waals surface area contributed by atoms with Gasteiger partial charge in [-0.3, -0.25) is 4.79 Å². The molecule has 0 saturated carbocycles. The number of aromatic hydroxyl groups is 1. The Kier molecular flexibility index (Phi) is 3.67. The van der Waals surface area contributed by atoms with Crippen LogP contribution in [0.1, 0.15) is 52.0 Å². The number of rotatable bonds is 5. The summed E-state index contributed by atoms with van der Waals surface area (Å²) in [5.74, 6) is -0.383. The van der Waals surface area contributed by atoms with Crippen LogP contribution in [0.15, 0.2) is 4.79 Å². The summed E-state index contributed by atoms with van der Waals surface area (Å²) < 4.78 is 0. The fourth-order valence-electron chi connectivity index (χ4n) is 1.96. The molecule has 1 aromatic heterocycles. The van der Waals surface area contributed by atoms with E-state index < -0.39 is 11.0 Å². The highest BCUT2D eigenvalue weighted by Crippen LogP contribution is 2.32. The summed E-state index contributed by atoms with van der Waals surface area (Å²) in [6, 6.07) is 0. The Labute approximate surface area is 94.7 Å². The van der Waals surface area contributed by atoms with Gasteiger partial charge in [-0.1, -0.05) is 44.9 Å². The van der Waals surface area contributed by atoms with E-state index in [1.54, 1.807) is 0 Å². The van der Waals surface area contributed by atoms with E-state index in [9.17, 15) is 9.90 Å². The maximum atomic E-state index is 11.5. The van der Waals surface area contributed by atoms with Gasteiger partial charge in [0, 0.05) is 5.41 Å². The van der Waals surface area contributed by atoms with Crippen molar-refractivity contribution in [3.05, 3.63) is 15.9 Å². The number of nitrogens with one attached hydrogen (secondary N) is 1. The summed E-state index contributed by atoms with van der Waals surface area (Å²) in [6.07, 6.45) is 4.02. The molecule has 5 heteroatoms. The second kappa shape index (κ2) is 4.63. The van der Waals surface area contributed by atoms with Crippen molar-refractivity contribution < 1.29 is 10.3 Å². The molecule has 1 rings (SSSR count). The molecule has 0 atom stereocenters. The molecule has 3 N–H and O–H groups in total. The van der Waals surface area contributed by atoms with Crippen LogP contribution in [0, 0.1) is 0 Å². The van der Waals surface area contributed by atoms with Crippen molar-refractivity contribution >= 4 is 0 Å². The Morgan fingerprint density at radius 3 is 2.44 bits per heavy atom. The van der Waals surface area contributed by atoms with Gasteiger partial charge in [0.15, 0.2) is 0 Å². The zero-order chi connectivity index (χ0) is 12.3. The average molecular weight is 228 g/mol. The first kappa shape index (κ1) is 12.7. The Morgan fingerprint density at radius 1 is 1.38 bits per heavy atom. The molecular formula is C11H20N2O3.